The number of nitrogens with zero attached hydrogens (tertiary/aromatic N) is 1. The standard InChI is InChI=1S/C26H25ClN2O3S/c1-26(16-20-10-6-3-7-11-20,17-22(28)14-19-8-4-2-5-9-19)21-12-13-25-23(15-21)24(27)18-29(25)33(30,31)32/h2-13,15,18,28H,14,16-17H2,1H3,(H,30,31,32). The summed E-state index contributed by atoms with van der Waals surface area (Å²) in [5.74, 6) is 0. The molecule has 0 aliphatic rings. The number of hydrogen-bond acceptors (Lipinski definition) is 3. The molecule has 170 valence electrons. The van der Waals surface area contributed by atoms with Crippen LogP contribution in [-0.4, -0.2) is 22.7 Å². The average Bonchev–Trinajstić information content (AvgIpc) is 3.11. The van der Waals surface area contributed by atoms with Crippen molar-refractivity contribution < 1.29 is 13.0 Å². The Hall–Kier alpha value is -2.93. The highest BCUT2D eigenvalue weighted by Crippen LogP contribution is 2.37. The molecule has 7 heteroatoms. The Morgan fingerprint density at radius 1 is 1.00 bits per heavy atom. The average molecular weight is 481 g/mol. The van der Waals surface area contributed by atoms with Crippen LogP contribution in [0, 0.1) is 5.41 Å². The fraction of sp³-hybridized carbons (Fsp3) is 0.192. The largest absolute Gasteiger partial charge is 0.363 e. The predicted molar refractivity (Wildman–Crippen MR) is 134 cm³/mol. The van der Waals surface area contributed by atoms with E-state index >= 15 is 0 Å². The summed E-state index contributed by atoms with van der Waals surface area (Å²) in [4.78, 5) is 0. The quantitative estimate of drug-likeness (QED) is 0.236. The zero-order valence-electron chi connectivity index (χ0n) is 18.2. The molecule has 0 bridgehead atoms. The Labute approximate surface area is 199 Å². The maximum atomic E-state index is 11.7. The van der Waals surface area contributed by atoms with Crippen LogP contribution in [0.5, 0.6) is 0 Å². The van der Waals surface area contributed by atoms with Crippen molar-refractivity contribution in [3.63, 3.8) is 0 Å². The van der Waals surface area contributed by atoms with Crippen molar-refractivity contribution in [2.45, 2.75) is 31.6 Å². The predicted octanol–water partition coefficient (Wildman–Crippen LogP) is 6.10. The molecule has 4 aromatic rings. The molecular weight excluding hydrogens is 456 g/mol. The molecule has 1 heterocycles. The second-order valence-corrected chi connectivity index (χ2v) is 10.3. The van der Waals surface area contributed by atoms with Crippen LogP contribution in [0.1, 0.15) is 30.0 Å². The van der Waals surface area contributed by atoms with Crippen molar-refractivity contribution in [2.24, 2.45) is 0 Å². The molecule has 1 aromatic heterocycles. The SMILES string of the molecule is CC(CC(=N)Cc1ccccc1)(Cc1ccccc1)c1ccc2c(c1)c(Cl)cn2S(=O)(=O)O. The third kappa shape index (κ3) is 5.19. The van der Waals surface area contributed by atoms with E-state index in [1.54, 1.807) is 6.07 Å². The second-order valence-electron chi connectivity index (χ2n) is 8.65. The summed E-state index contributed by atoms with van der Waals surface area (Å²) >= 11 is 6.34. The van der Waals surface area contributed by atoms with Crippen LogP contribution in [0.25, 0.3) is 10.9 Å². The van der Waals surface area contributed by atoms with Crippen LogP contribution in [0.4, 0.5) is 0 Å². The molecule has 0 radical (unpaired) electrons. The van der Waals surface area contributed by atoms with Gasteiger partial charge in [-0.3, -0.25) is 4.55 Å². The molecule has 4 rings (SSSR count). The lowest BCUT2D eigenvalue weighted by molar-refractivity contribution is 0.474. The summed E-state index contributed by atoms with van der Waals surface area (Å²) in [6.45, 7) is 2.12. The Kier molecular flexibility index (Phi) is 6.43. The molecule has 5 nitrogen and oxygen atoms in total. The van der Waals surface area contributed by atoms with E-state index in [1.807, 2.05) is 60.7 Å². The van der Waals surface area contributed by atoms with Gasteiger partial charge in [0, 0.05) is 29.1 Å². The Balaban J connectivity index is 1.74. The summed E-state index contributed by atoms with van der Waals surface area (Å²) in [6, 6.07) is 25.5. The smallest absolute Gasteiger partial charge is 0.309 e. The second kappa shape index (κ2) is 9.14. The minimum atomic E-state index is -4.46. The first-order chi connectivity index (χ1) is 15.7. The lowest BCUT2D eigenvalue weighted by Crippen LogP contribution is -2.29. The van der Waals surface area contributed by atoms with E-state index in [1.165, 1.54) is 6.20 Å². The Bertz CT molecular complexity index is 1400. The van der Waals surface area contributed by atoms with Gasteiger partial charge in [0.1, 0.15) is 0 Å². The van der Waals surface area contributed by atoms with E-state index in [9.17, 15) is 13.0 Å². The number of aromatic nitrogens is 1. The molecule has 0 fully saturated rings. The zero-order valence-corrected chi connectivity index (χ0v) is 19.8. The lowest BCUT2D eigenvalue weighted by atomic mass is 9.73. The van der Waals surface area contributed by atoms with Gasteiger partial charge >= 0.3 is 10.3 Å². The number of rotatable bonds is 8. The molecule has 3 aromatic carbocycles. The first-order valence-corrected chi connectivity index (χ1v) is 12.4. The van der Waals surface area contributed by atoms with E-state index in [2.05, 4.69) is 19.1 Å². The number of hydrogen-bond donors (Lipinski definition) is 2. The fourth-order valence-corrected chi connectivity index (χ4v) is 5.37. The molecule has 33 heavy (non-hydrogen) atoms. The molecule has 0 amide bonds. The van der Waals surface area contributed by atoms with Gasteiger partial charge in [0.15, 0.2) is 0 Å². The van der Waals surface area contributed by atoms with Crippen molar-refractivity contribution >= 4 is 38.5 Å². The topological polar surface area (TPSA) is 83.2 Å². The maximum Gasteiger partial charge on any atom is 0.363 e. The van der Waals surface area contributed by atoms with Gasteiger partial charge < -0.3 is 5.41 Å². The van der Waals surface area contributed by atoms with Crippen LogP contribution >= 0.6 is 11.6 Å². The van der Waals surface area contributed by atoms with Crippen molar-refractivity contribution in [1.82, 2.24) is 3.97 Å². The van der Waals surface area contributed by atoms with Crippen LogP contribution < -0.4 is 0 Å². The van der Waals surface area contributed by atoms with E-state index in [0.717, 1.165) is 20.7 Å². The first kappa shape index (κ1) is 23.2. The number of nitrogens with one attached hydrogen (secondary N) is 1. The molecule has 0 saturated carbocycles. The molecule has 1 atom stereocenters. The summed E-state index contributed by atoms with van der Waals surface area (Å²) < 4.78 is 33.8. The molecular formula is C26H25ClN2O3S. The highest BCUT2D eigenvalue weighted by molar-refractivity contribution is 7.84. The minimum Gasteiger partial charge on any atom is -0.309 e. The molecule has 0 saturated heterocycles. The maximum absolute atomic E-state index is 11.7. The van der Waals surface area contributed by atoms with Crippen molar-refractivity contribution in [3.8, 4) is 0 Å². The third-order valence-corrected chi connectivity index (χ3v) is 7.07. The van der Waals surface area contributed by atoms with E-state index in [0.29, 0.717) is 35.9 Å². The minimum absolute atomic E-state index is 0.242. The summed E-state index contributed by atoms with van der Waals surface area (Å²) in [5.41, 5.74) is 3.69. The molecule has 0 aliphatic carbocycles. The molecule has 0 aliphatic heterocycles. The van der Waals surface area contributed by atoms with Gasteiger partial charge in [-0.15, -0.1) is 0 Å². The van der Waals surface area contributed by atoms with E-state index < -0.39 is 15.7 Å². The van der Waals surface area contributed by atoms with E-state index in [4.69, 9.17) is 17.0 Å². The van der Waals surface area contributed by atoms with E-state index in [-0.39, 0.29) is 5.02 Å². The Morgan fingerprint density at radius 3 is 2.21 bits per heavy atom. The summed E-state index contributed by atoms with van der Waals surface area (Å²) in [6.07, 6.45) is 3.00. The highest BCUT2D eigenvalue weighted by Gasteiger charge is 2.30. The van der Waals surface area contributed by atoms with Gasteiger partial charge in [-0.2, -0.15) is 8.42 Å². The van der Waals surface area contributed by atoms with Crippen molar-refractivity contribution in [3.05, 3.63) is 107 Å². The zero-order chi connectivity index (χ0) is 23.6. The normalized spacial score (nSPS) is 13.7. The van der Waals surface area contributed by atoms with Gasteiger partial charge in [0.05, 0.1) is 10.5 Å². The van der Waals surface area contributed by atoms with Gasteiger partial charge in [0.2, 0.25) is 0 Å². The number of benzene rings is 3. The van der Waals surface area contributed by atoms with Gasteiger partial charge in [-0.1, -0.05) is 85.3 Å². The van der Waals surface area contributed by atoms with Crippen molar-refractivity contribution in [1.29, 1.82) is 5.41 Å². The highest BCUT2D eigenvalue weighted by atomic mass is 35.5. The van der Waals surface area contributed by atoms with Crippen LogP contribution in [0.2, 0.25) is 5.02 Å². The summed E-state index contributed by atoms with van der Waals surface area (Å²) in [5, 5.41) is 9.53. The monoisotopic (exact) mass is 480 g/mol. The summed E-state index contributed by atoms with van der Waals surface area (Å²) in [7, 11) is -4.46. The molecule has 2 N–H and O–H groups in total. The van der Waals surface area contributed by atoms with Gasteiger partial charge in [-0.25, -0.2) is 3.97 Å². The first-order valence-electron chi connectivity index (χ1n) is 10.6. The number of halogens is 1. The van der Waals surface area contributed by atoms with Crippen LogP contribution in [0.15, 0.2) is 85.1 Å². The molecule has 1 unspecified atom stereocenters. The lowest BCUT2D eigenvalue weighted by Gasteiger charge is -2.31. The fourth-order valence-electron chi connectivity index (χ4n) is 4.42. The van der Waals surface area contributed by atoms with Crippen LogP contribution in [0.3, 0.4) is 0 Å². The van der Waals surface area contributed by atoms with Crippen molar-refractivity contribution in [2.75, 3.05) is 0 Å². The van der Waals surface area contributed by atoms with Gasteiger partial charge in [-0.05, 0) is 41.7 Å². The molecule has 0 spiro atoms. The number of fused-ring (bicyclic) bond motifs is 1. The third-order valence-electron chi connectivity index (χ3n) is 5.97. The Morgan fingerprint density at radius 2 is 1.61 bits per heavy atom. The van der Waals surface area contributed by atoms with Crippen LogP contribution in [-0.2, 0) is 28.6 Å². The van der Waals surface area contributed by atoms with Gasteiger partial charge in [0.25, 0.3) is 0 Å².